The van der Waals surface area contributed by atoms with E-state index in [1.54, 1.807) is 12.1 Å². The monoisotopic (exact) mass is 235 g/mol. The molecular weight excluding hydrogens is 218 g/mol. The van der Waals surface area contributed by atoms with Crippen molar-refractivity contribution in [2.75, 3.05) is 25.6 Å². The number of carbonyl (C=O) groups excluding carboxylic acids is 1. The Bertz CT molecular complexity index is 369. The van der Waals surface area contributed by atoms with Crippen LogP contribution in [0.2, 0.25) is 0 Å². The minimum atomic E-state index is -0.289. The molecule has 0 radical (unpaired) electrons. The average molecular weight is 235 g/mol. The first-order valence-electron chi connectivity index (χ1n) is 5.86. The normalized spacial score (nSPS) is 19.0. The summed E-state index contributed by atoms with van der Waals surface area (Å²) in [5.74, 6) is -0.289. The number of rotatable bonds is 4. The summed E-state index contributed by atoms with van der Waals surface area (Å²) in [5, 5.41) is 3.00. The third-order valence-corrected chi connectivity index (χ3v) is 2.83. The molecule has 4 nitrogen and oxygen atoms in total. The Balaban J connectivity index is 1.85. The molecule has 92 valence electrons. The molecule has 0 amide bonds. The van der Waals surface area contributed by atoms with Gasteiger partial charge in [-0.3, -0.25) is 0 Å². The Morgan fingerprint density at radius 1 is 1.47 bits per heavy atom. The zero-order chi connectivity index (χ0) is 12.1. The van der Waals surface area contributed by atoms with Crippen LogP contribution in [0.25, 0.3) is 0 Å². The summed E-state index contributed by atoms with van der Waals surface area (Å²) in [6.45, 7) is 1.13. The van der Waals surface area contributed by atoms with Gasteiger partial charge < -0.3 is 14.8 Å². The smallest absolute Gasteiger partial charge is 0.338 e. The second-order valence-corrected chi connectivity index (χ2v) is 4.06. The number of esters is 1. The fourth-order valence-corrected chi connectivity index (χ4v) is 1.80. The third kappa shape index (κ3) is 3.20. The second-order valence-electron chi connectivity index (χ2n) is 4.06. The Morgan fingerprint density at radius 2 is 2.24 bits per heavy atom. The molecule has 0 saturated carbocycles. The summed E-state index contributed by atoms with van der Waals surface area (Å²) in [5.41, 5.74) is 1.54. The van der Waals surface area contributed by atoms with Gasteiger partial charge in [-0.25, -0.2) is 4.79 Å². The standard InChI is InChI=1S/C13H17NO3/c1-14-11-6-4-10(5-7-11)13(15)17-9-12-3-2-8-16-12/h4-7,12,14H,2-3,8-9H2,1H3. The minimum absolute atomic E-state index is 0.0792. The molecule has 2 rings (SSSR count). The van der Waals surface area contributed by atoms with Gasteiger partial charge in [0.1, 0.15) is 6.61 Å². The summed E-state index contributed by atoms with van der Waals surface area (Å²) >= 11 is 0. The summed E-state index contributed by atoms with van der Waals surface area (Å²) in [4.78, 5) is 11.7. The van der Waals surface area contributed by atoms with Gasteiger partial charge in [-0.1, -0.05) is 0 Å². The maximum absolute atomic E-state index is 11.7. The van der Waals surface area contributed by atoms with E-state index < -0.39 is 0 Å². The second kappa shape index (κ2) is 5.68. The van der Waals surface area contributed by atoms with Crippen LogP contribution in [-0.4, -0.2) is 32.3 Å². The highest BCUT2D eigenvalue weighted by atomic mass is 16.6. The fourth-order valence-electron chi connectivity index (χ4n) is 1.80. The Kier molecular flexibility index (Phi) is 3.98. The van der Waals surface area contributed by atoms with E-state index in [-0.39, 0.29) is 12.1 Å². The highest BCUT2D eigenvalue weighted by Gasteiger charge is 2.17. The van der Waals surface area contributed by atoms with Gasteiger partial charge in [0.25, 0.3) is 0 Å². The molecule has 1 aromatic rings. The first-order chi connectivity index (χ1) is 8.29. The van der Waals surface area contributed by atoms with Gasteiger partial charge in [-0.15, -0.1) is 0 Å². The van der Waals surface area contributed by atoms with Crippen LogP contribution >= 0.6 is 0 Å². The van der Waals surface area contributed by atoms with Crippen LogP contribution in [-0.2, 0) is 9.47 Å². The van der Waals surface area contributed by atoms with Gasteiger partial charge >= 0.3 is 5.97 Å². The number of carbonyl (C=O) groups is 1. The molecule has 1 heterocycles. The molecule has 0 spiro atoms. The summed E-state index contributed by atoms with van der Waals surface area (Å²) < 4.78 is 10.6. The Labute approximate surface area is 101 Å². The number of hydrogen-bond acceptors (Lipinski definition) is 4. The lowest BCUT2D eigenvalue weighted by Crippen LogP contribution is -2.17. The van der Waals surface area contributed by atoms with E-state index in [4.69, 9.17) is 9.47 Å². The predicted octanol–water partition coefficient (Wildman–Crippen LogP) is 2.06. The molecule has 0 bridgehead atoms. The van der Waals surface area contributed by atoms with Gasteiger partial charge in [0, 0.05) is 19.3 Å². The lowest BCUT2D eigenvalue weighted by atomic mass is 10.2. The highest BCUT2D eigenvalue weighted by Crippen LogP contribution is 2.14. The average Bonchev–Trinajstić information content (AvgIpc) is 2.89. The molecule has 17 heavy (non-hydrogen) atoms. The van der Waals surface area contributed by atoms with Crippen molar-refractivity contribution < 1.29 is 14.3 Å². The summed E-state index contributed by atoms with van der Waals surface area (Å²) in [6.07, 6.45) is 2.11. The lowest BCUT2D eigenvalue weighted by molar-refractivity contribution is 0.0161. The van der Waals surface area contributed by atoms with Gasteiger partial charge in [-0.05, 0) is 37.1 Å². The predicted molar refractivity (Wildman–Crippen MR) is 65.2 cm³/mol. The van der Waals surface area contributed by atoms with Crippen LogP contribution in [0.4, 0.5) is 5.69 Å². The van der Waals surface area contributed by atoms with Crippen LogP contribution in [0.15, 0.2) is 24.3 Å². The van der Waals surface area contributed by atoms with E-state index in [0.29, 0.717) is 12.2 Å². The van der Waals surface area contributed by atoms with E-state index in [1.165, 1.54) is 0 Å². The van der Waals surface area contributed by atoms with Crippen molar-refractivity contribution in [1.29, 1.82) is 0 Å². The molecule has 1 aliphatic rings. The third-order valence-electron chi connectivity index (χ3n) is 2.83. The largest absolute Gasteiger partial charge is 0.459 e. The van der Waals surface area contributed by atoms with Crippen molar-refractivity contribution in [3.05, 3.63) is 29.8 Å². The highest BCUT2D eigenvalue weighted by molar-refractivity contribution is 5.89. The fraction of sp³-hybridized carbons (Fsp3) is 0.462. The van der Waals surface area contributed by atoms with Crippen LogP contribution in [0, 0.1) is 0 Å². The molecule has 1 fully saturated rings. The van der Waals surface area contributed by atoms with Crippen LogP contribution in [0.1, 0.15) is 23.2 Å². The van der Waals surface area contributed by atoms with Crippen molar-refractivity contribution in [3.63, 3.8) is 0 Å². The van der Waals surface area contributed by atoms with E-state index >= 15 is 0 Å². The lowest BCUT2D eigenvalue weighted by Gasteiger charge is -2.10. The molecule has 0 aromatic heterocycles. The SMILES string of the molecule is CNc1ccc(C(=O)OCC2CCCO2)cc1. The van der Waals surface area contributed by atoms with Crippen LogP contribution in [0.3, 0.4) is 0 Å². The molecular formula is C13H17NO3. The van der Waals surface area contributed by atoms with Gasteiger partial charge in [0.2, 0.25) is 0 Å². The maximum atomic E-state index is 11.7. The van der Waals surface area contributed by atoms with E-state index in [0.717, 1.165) is 25.1 Å². The molecule has 1 saturated heterocycles. The summed E-state index contributed by atoms with van der Waals surface area (Å²) in [7, 11) is 1.84. The van der Waals surface area contributed by atoms with Gasteiger partial charge in [0.15, 0.2) is 0 Å². The molecule has 1 aliphatic heterocycles. The Hall–Kier alpha value is -1.55. The zero-order valence-corrected chi connectivity index (χ0v) is 9.94. The van der Waals surface area contributed by atoms with Crippen LogP contribution in [0.5, 0.6) is 0 Å². The molecule has 1 unspecified atom stereocenters. The van der Waals surface area contributed by atoms with E-state index in [2.05, 4.69) is 5.32 Å². The quantitative estimate of drug-likeness (QED) is 0.811. The first kappa shape index (κ1) is 11.9. The molecule has 1 atom stereocenters. The van der Waals surface area contributed by atoms with Gasteiger partial charge in [0.05, 0.1) is 11.7 Å². The Morgan fingerprint density at radius 3 is 2.82 bits per heavy atom. The van der Waals surface area contributed by atoms with Crippen molar-refractivity contribution in [2.24, 2.45) is 0 Å². The van der Waals surface area contributed by atoms with Gasteiger partial charge in [-0.2, -0.15) is 0 Å². The number of benzene rings is 1. The topological polar surface area (TPSA) is 47.6 Å². The molecule has 4 heteroatoms. The summed E-state index contributed by atoms with van der Waals surface area (Å²) in [6, 6.07) is 7.21. The number of ether oxygens (including phenoxy) is 2. The molecule has 1 aromatic carbocycles. The van der Waals surface area contributed by atoms with Crippen molar-refractivity contribution in [2.45, 2.75) is 18.9 Å². The number of nitrogens with one attached hydrogen (secondary N) is 1. The number of hydrogen-bond donors (Lipinski definition) is 1. The molecule has 1 N–H and O–H groups in total. The van der Waals surface area contributed by atoms with Crippen LogP contribution < -0.4 is 5.32 Å². The van der Waals surface area contributed by atoms with E-state index in [9.17, 15) is 4.79 Å². The number of anilines is 1. The maximum Gasteiger partial charge on any atom is 0.338 e. The van der Waals surface area contributed by atoms with E-state index in [1.807, 2.05) is 19.2 Å². The van der Waals surface area contributed by atoms with Crippen molar-refractivity contribution in [1.82, 2.24) is 0 Å². The van der Waals surface area contributed by atoms with Crippen molar-refractivity contribution in [3.8, 4) is 0 Å². The minimum Gasteiger partial charge on any atom is -0.459 e. The van der Waals surface area contributed by atoms with Crippen molar-refractivity contribution >= 4 is 11.7 Å². The molecule has 0 aliphatic carbocycles. The first-order valence-corrected chi connectivity index (χ1v) is 5.86. The zero-order valence-electron chi connectivity index (χ0n) is 9.94.